The van der Waals surface area contributed by atoms with Crippen LogP contribution in [0.1, 0.15) is 285 Å². The molecular weight excluding hydrogens is 721 g/mol. The Balaban J connectivity index is 4.25. The van der Waals surface area contributed by atoms with Crippen LogP contribution >= 0.6 is 0 Å². The number of hydrogen-bond acceptors (Lipinski definition) is 6. The van der Waals surface area contributed by atoms with Crippen molar-refractivity contribution in [2.45, 2.75) is 291 Å². The Bertz CT molecular complexity index is 885. The van der Waals surface area contributed by atoms with Crippen molar-refractivity contribution in [2.24, 2.45) is 11.8 Å². The molecule has 0 bridgehead atoms. The van der Waals surface area contributed by atoms with Gasteiger partial charge in [0.05, 0.1) is 0 Å². The Hall–Kier alpha value is -1.59. The van der Waals surface area contributed by atoms with Gasteiger partial charge in [0.15, 0.2) is 6.10 Å². The van der Waals surface area contributed by atoms with E-state index >= 15 is 0 Å². The summed E-state index contributed by atoms with van der Waals surface area (Å²) in [7, 11) is 0. The third-order valence-electron chi connectivity index (χ3n) is 11.7. The van der Waals surface area contributed by atoms with Gasteiger partial charge in [0.25, 0.3) is 0 Å². The minimum absolute atomic E-state index is 0.0640. The van der Waals surface area contributed by atoms with Crippen LogP contribution in [0.2, 0.25) is 0 Å². The predicted octanol–water partition coefficient (Wildman–Crippen LogP) is 16.5. The second-order valence-corrected chi connectivity index (χ2v) is 18.8. The van der Waals surface area contributed by atoms with Crippen LogP contribution in [0.4, 0.5) is 0 Å². The number of hydrogen-bond donors (Lipinski definition) is 0. The lowest BCUT2D eigenvalue weighted by molar-refractivity contribution is -0.167. The molecule has 0 aromatic rings. The summed E-state index contributed by atoms with van der Waals surface area (Å²) in [6.07, 6.45) is 45.2. The Kier molecular flexibility index (Phi) is 43.7. The number of esters is 3. The van der Waals surface area contributed by atoms with E-state index < -0.39 is 6.10 Å². The number of rotatable bonds is 46. The molecule has 0 rings (SSSR count). The molecule has 344 valence electrons. The number of unbranched alkanes of at least 4 members (excludes halogenated alkanes) is 31. The van der Waals surface area contributed by atoms with Crippen LogP contribution in [0, 0.1) is 11.8 Å². The molecule has 0 saturated carbocycles. The zero-order valence-electron chi connectivity index (χ0n) is 39.7. The van der Waals surface area contributed by atoms with Gasteiger partial charge in [-0.3, -0.25) is 14.4 Å². The standard InChI is InChI=1S/C52H100O6/c1-6-7-8-9-10-20-27-32-37-42-50(53)56-45-49(46-57-51(54)43-38-33-28-23-19-18-22-26-31-36-41-48(4)5)58-52(55)44-39-34-29-24-17-15-13-11-12-14-16-21-25-30-35-40-47(2)3/h47-49H,6-46H2,1-5H3/t49-/m0/s1. The lowest BCUT2D eigenvalue weighted by atomic mass is 10.0. The van der Waals surface area contributed by atoms with Crippen LogP contribution in [0.15, 0.2) is 0 Å². The van der Waals surface area contributed by atoms with Crippen molar-refractivity contribution in [3.8, 4) is 0 Å². The Morgan fingerprint density at radius 2 is 0.569 bits per heavy atom. The van der Waals surface area contributed by atoms with E-state index in [0.29, 0.717) is 19.3 Å². The fourth-order valence-electron chi connectivity index (χ4n) is 7.81. The van der Waals surface area contributed by atoms with Gasteiger partial charge in [0.2, 0.25) is 0 Å². The number of carbonyl (C=O) groups excluding carboxylic acids is 3. The maximum absolute atomic E-state index is 12.8. The number of ether oxygens (including phenoxy) is 3. The molecule has 0 aliphatic rings. The highest BCUT2D eigenvalue weighted by atomic mass is 16.6. The van der Waals surface area contributed by atoms with Crippen LogP contribution in [0.3, 0.4) is 0 Å². The Morgan fingerprint density at radius 3 is 0.845 bits per heavy atom. The maximum Gasteiger partial charge on any atom is 0.306 e. The molecule has 0 fully saturated rings. The van der Waals surface area contributed by atoms with Crippen molar-refractivity contribution >= 4 is 17.9 Å². The molecule has 58 heavy (non-hydrogen) atoms. The lowest BCUT2D eigenvalue weighted by Gasteiger charge is -2.18. The molecule has 0 heterocycles. The van der Waals surface area contributed by atoms with E-state index in [0.717, 1.165) is 69.6 Å². The summed E-state index contributed by atoms with van der Waals surface area (Å²) in [6, 6.07) is 0. The van der Waals surface area contributed by atoms with Gasteiger partial charge in [-0.25, -0.2) is 0 Å². The average molecular weight is 821 g/mol. The van der Waals surface area contributed by atoms with Gasteiger partial charge in [0.1, 0.15) is 13.2 Å². The van der Waals surface area contributed by atoms with Gasteiger partial charge < -0.3 is 14.2 Å². The SMILES string of the molecule is CCCCCCCCCCCC(=O)OC[C@@H](COC(=O)CCCCCCCCCCCCC(C)C)OC(=O)CCCCCCCCCCCCCCCCCC(C)C. The van der Waals surface area contributed by atoms with Gasteiger partial charge in [-0.2, -0.15) is 0 Å². The molecule has 6 heteroatoms. The summed E-state index contributed by atoms with van der Waals surface area (Å²) in [5.41, 5.74) is 0. The summed E-state index contributed by atoms with van der Waals surface area (Å²) < 4.78 is 16.8. The van der Waals surface area contributed by atoms with E-state index in [1.165, 1.54) is 173 Å². The van der Waals surface area contributed by atoms with Gasteiger partial charge in [-0.05, 0) is 31.1 Å². The average Bonchev–Trinajstić information content (AvgIpc) is 3.19. The molecule has 0 aromatic heterocycles. The van der Waals surface area contributed by atoms with E-state index in [2.05, 4.69) is 34.6 Å². The third-order valence-corrected chi connectivity index (χ3v) is 11.7. The molecule has 0 aromatic carbocycles. The minimum atomic E-state index is -0.761. The van der Waals surface area contributed by atoms with E-state index in [1.807, 2.05) is 0 Å². The van der Waals surface area contributed by atoms with E-state index in [9.17, 15) is 14.4 Å². The van der Waals surface area contributed by atoms with Crippen LogP contribution in [-0.2, 0) is 28.6 Å². The molecule has 0 unspecified atom stereocenters. The zero-order valence-corrected chi connectivity index (χ0v) is 39.7. The molecular formula is C52H100O6. The Labute approximate surface area is 361 Å². The fourth-order valence-corrected chi connectivity index (χ4v) is 7.81. The zero-order chi connectivity index (χ0) is 42.6. The first-order valence-corrected chi connectivity index (χ1v) is 25.7. The first-order chi connectivity index (χ1) is 28.2. The van der Waals surface area contributed by atoms with Gasteiger partial charge in [-0.1, -0.05) is 247 Å². The van der Waals surface area contributed by atoms with Crippen molar-refractivity contribution in [1.29, 1.82) is 0 Å². The van der Waals surface area contributed by atoms with Crippen molar-refractivity contribution in [2.75, 3.05) is 13.2 Å². The largest absolute Gasteiger partial charge is 0.462 e. The molecule has 0 aliphatic heterocycles. The Morgan fingerprint density at radius 1 is 0.328 bits per heavy atom. The topological polar surface area (TPSA) is 78.9 Å². The smallest absolute Gasteiger partial charge is 0.306 e. The van der Waals surface area contributed by atoms with Gasteiger partial charge >= 0.3 is 17.9 Å². The first-order valence-electron chi connectivity index (χ1n) is 25.7. The third kappa shape index (κ3) is 45.5. The first kappa shape index (κ1) is 56.4. The second-order valence-electron chi connectivity index (χ2n) is 18.8. The monoisotopic (exact) mass is 821 g/mol. The summed E-state index contributed by atoms with van der Waals surface area (Å²) >= 11 is 0. The summed E-state index contributed by atoms with van der Waals surface area (Å²) in [5.74, 6) is 0.815. The van der Waals surface area contributed by atoms with Crippen LogP contribution in [0.25, 0.3) is 0 Å². The summed E-state index contributed by atoms with van der Waals surface area (Å²) in [4.78, 5) is 37.8. The lowest BCUT2D eigenvalue weighted by Crippen LogP contribution is -2.30. The molecule has 0 N–H and O–H groups in total. The number of carbonyl (C=O) groups is 3. The highest BCUT2D eigenvalue weighted by molar-refractivity contribution is 5.71. The van der Waals surface area contributed by atoms with Gasteiger partial charge in [-0.15, -0.1) is 0 Å². The fraction of sp³-hybridized carbons (Fsp3) is 0.942. The van der Waals surface area contributed by atoms with Crippen molar-refractivity contribution in [3.63, 3.8) is 0 Å². The van der Waals surface area contributed by atoms with Crippen molar-refractivity contribution < 1.29 is 28.6 Å². The molecule has 1 atom stereocenters. The predicted molar refractivity (Wildman–Crippen MR) is 247 cm³/mol. The highest BCUT2D eigenvalue weighted by Crippen LogP contribution is 2.17. The highest BCUT2D eigenvalue weighted by Gasteiger charge is 2.19. The van der Waals surface area contributed by atoms with Crippen molar-refractivity contribution in [1.82, 2.24) is 0 Å². The normalized spacial score (nSPS) is 12.1. The molecule has 0 spiro atoms. The van der Waals surface area contributed by atoms with Crippen LogP contribution in [-0.4, -0.2) is 37.2 Å². The maximum atomic E-state index is 12.8. The molecule has 0 saturated heterocycles. The van der Waals surface area contributed by atoms with Crippen LogP contribution in [0.5, 0.6) is 0 Å². The van der Waals surface area contributed by atoms with E-state index in [-0.39, 0.29) is 31.1 Å². The summed E-state index contributed by atoms with van der Waals surface area (Å²) in [6.45, 7) is 11.4. The molecule has 6 nitrogen and oxygen atoms in total. The van der Waals surface area contributed by atoms with E-state index in [1.54, 1.807) is 0 Å². The molecule has 0 aliphatic carbocycles. The quantitative estimate of drug-likeness (QED) is 0.0346. The molecule has 0 radical (unpaired) electrons. The minimum Gasteiger partial charge on any atom is -0.462 e. The van der Waals surface area contributed by atoms with Crippen LogP contribution < -0.4 is 0 Å². The molecule has 0 amide bonds. The van der Waals surface area contributed by atoms with E-state index in [4.69, 9.17) is 14.2 Å². The van der Waals surface area contributed by atoms with Crippen molar-refractivity contribution in [3.05, 3.63) is 0 Å². The summed E-state index contributed by atoms with van der Waals surface area (Å²) in [5, 5.41) is 0. The second kappa shape index (κ2) is 44.9. The van der Waals surface area contributed by atoms with Gasteiger partial charge in [0, 0.05) is 19.3 Å².